The molecule has 1 N–H and O–H groups in total. The first kappa shape index (κ1) is 24.4. The van der Waals surface area contributed by atoms with Gasteiger partial charge >= 0.3 is 0 Å². The van der Waals surface area contributed by atoms with Crippen molar-refractivity contribution in [3.63, 3.8) is 0 Å². The Morgan fingerprint density at radius 1 is 0.943 bits per heavy atom. The molecule has 2 aromatic carbocycles. The van der Waals surface area contributed by atoms with Crippen LogP contribution in [0.3, 0.4) is 0 Å². The summed E-state index contributed by atoms with van der Waals surface area (Å²) in [6, 6.07) is 25.9. The first-order valence-corrected chi connectivity index (χ1v) is 12.6. The molecule has 0 atom stereocenters. The largest absolute Gasteiger partial charge is 0.355 e. The van der Waals surface area contributed by atoms with E-state index in [1.165, 1.54) is 5.56 Å². The van der Waals surface area contributed by atoms with Crippen molar-refractivity contribution in [1.29, 1.82) is 0 Å². The standard InChI is InChI=1S/C28H29N5OS/c1-21-17-26(33(2)19-22-9-4-3-5-10-22)32-28(31-21)35-20-23-11-8-12-24(18-23)27(34)30-16-14-25-13-6-7-15-29-25/h3-13,15,17-18H,14,16,19-20H2,1-2H3,(H,30,34). The van der Waals surface area contributed by atoms with Crippen molar-refractivity contribution in [2.75, 3.05) is 18.5 Å². The second-order valence-electron chi connectivity index (χ2n) is 8.31. The van der Waals surface area contributed by atoms with E-state index in [0.29, 0.717) is 24.3 Å². The van der Waals surface area contributed by atoms with Gasteiger partial charge in [0.2, 0.25) is 0 Å². The fourth-order valence-corrected chi connectivity index (χ4v) is 4.47. The fraction of sp³-hybridized carbons (Fsp3) is 0.214. The van der Waals surface area contributed by atoms with Crippen molar-refractivity contribution < 1.29 is 4.79 Å². The van der Waals surface area contributed by atoms with Gasteiger partial charge in [0.05, 0.1) is 0 Å². The Hall–Kier alpha value is -3.71. The van der Waals surface area contributed by atoms with Gasteiger partial charge in [-0.2, -0.15) is 0 Å². The molecule has 0 unspecified atom stereocenters. The zero-order valence-electron chi connectivity index (χ0n) is 20.0. The van der Waals surface area contributed by atoms with E-state index in [1.807, 2.05) is 80.7 Å². The van der Waals surface area contributed by atoms with Crippen LogP contribution in [-0.4, -0.2) is 34.5 Å². The second kappa shape index (κ2) is 12.1. The van der Waals surface area contributed by atoms with Crippen LogP contribution in [0.25, 0.3) is 0 Å². The minimum Gasteiger partial charge on any atom is -0.355 e. The summed E-state index contributed by atoms with van der Waals surface area (Å²) in [6.45, 7) is 3.31. The molecule has 2 heterocycles. The average molecular weight is 484 g/mol. The Bertz CT molecular complexity index is 1250. The highest BCUT2D eigenvalue weighted by molar-refractivity contribution is 7.98. The van der Waals surface area contributed by atoms with Gasteiger partial charge in [-0.15, -0.1) is 0 Å². The molecule has 1 amide bonds. The van der Waals surface area contributed by atoms with E-state index < -0.39 is 0 Å². The number of hydrogen-bond donors (Lipinski definition) is 1. The molecule has 2 aromatic heterocycles. The third-order valence-corrected chi connectivity index (χ3v) is 6.34. The number of carbonyl (C=O) groups excluding carboxylic acids is 1. The lowest BCUT2D eigenvalue weighted by molar-refractivity contribution is 0.0954. The van der Waals surface area contributed by atoms with E-state index in [-0.39, 0.29) is 5.91 Å². The lowest BCUT2D eigenvalue weighted by atomic mass is 10.1. The summed E-state index contributed by atoms with van der Waals surface area (Å²) in [5, 5.41) is 3.71. The maximum atomic E-state index is 12.6. The smallest absolute Gasteiger partial charge is 0.251 e. The van der Waals surface area contributed by atoms with Crippen molar-refractivity contribution in [3.05, 3.63) is 113 Å². The molecule has 0 saturated heterocycles. The quantitative estimate of drug-likeness (QED) is 0.251. The van der Waals surface area contributed by atoms with Gasteiger partial charge in [-0.3, -0.25) is 9.78 Å². The molecule has 0 spiro atoms. The van der Waals surface area contributed by atoms with Crippen LogP contribution in [0.5, 0.6) is 0 Å². The molecule has 0 saturated carbocycles. The van der Waals surface area contributed by atoms with Gasteiger partial charge in [0.25, 0.3) is 5.91 Å². The van der Waals surface area contributed by atoms with Crippen LogP contribution in [0.4, 0.5) is 5.82 Å². The molecule has 178 valence electrons. The van der Waals surface area contributed by atoms with E-state index in [0.717, 1.165) is 34.5 Å². The summed E-state index contributed by atoms with van der Waals surface area (Å²) >= 11 is 1.57. The van der Waals surface area contributed by atoms with Gasteiger partial charge < -0.3 is 10.2 Å². The number of amides is 1. The van der Waals surface area contributed by atoms with E-state index in [2.05, 4.69) is 32.3 Å². The number of aryl methyl sites for hydroxylation is 1. The Morgan fingerprint density at radius 2 is 1.74 bits per heavy atom. The molecule has 4 rings (SSSR count). The van der Waals surface area contributed by atoms with Crippen LogP contribution in [-0.2, 0) is 18.7 Å². The number of thioether (sulfide) groups is 1. The zero-order valence-corrected chi connectivity index (χ0v) is 20.8. The molecule has 7 heteroatoms. The summed E-state index contributed by atoms with van der Waals surface area (Å²) in [5.41, 5.74) is 4.83. The Morgan fingerprint density at radius 3 is 2.54 bits per heavy atom. The summed E-state index contributed by atoms with van der Waals surface area (Å²) in [4.78, 5) is 28.4. The number of nitrogens with one attached hydrogen (secondary N) is 1. The minimum atomic E-state index is -0.0793. The molecule has 0 aliphatic heterocycles. The number of carbonyl (C=O) groups is 1. The summed E-state index contributed by atoms with van der Waals surface area (Å²) < 4.78 is 0. The molecule has 6 nitrogen and oxygen atoms in total. The highest BCUT2D eigenvalue weighted by Crippen LogP contribution is 2.23. The van der Waals surface area contributed by atoms with Crippen LogP contribution < -0.4 is 10.2 Å². The van der Waals surface area contributed by atoms with Crippen LogP contribution >= 0.6 is 11.8 Å². The molecule has 0 radical (unpaired) electrons. The van der Waals surface area contributed by atoms with Gasteiger partial charge in [-0.05, 0) is 42.3 Å². The molecular weight excluding hydrogens is 454 g/mol. The number of anilines is 1. The molecule has 35 heavy (non-hydrogen) atoms. The predicted octanol–water partition coefficient (Wildman–Crippen LogP) is 5.08. The normalized spacial score (nSPS) is 10.7. The highest BCUT2D eigenvalue weighted by Gasteiger charge is 2.10. The Kier molecular flexibility index (Phi) is 8.46. The topological polar surface area (TPSA) is 71.0 Å². The predicted molar refractivity (Wildman–Crippen MR) is 142 cm³/mol. The Labute approximate surface area is 210 Å². The molecule has 0 aliphatic rings. The van der Waals surface area contributed by atoms with E-state index in [9.17, 15) is 4.79 Å². The van der Waals surface area contributed by atoms with E-state index in [1.54, 1.807) is 18.0 Å². The first-order valence-electron chi connectivity index (χ1n) is 11.6. The van der Waals surface area contributed by atoms with E-state index in [4.69, 9.17) is 4.98 Å². The van der Waals surface area contributed by atoms with Crippen molar-refractivity contribution >= 4 is 23.5 Å². The number of aromatic nitrogens is 3. The zero-order chi connectivity index (χ0) is 24.5. The minimum absolute atomic E-state index is 0.0793. The van der Waals surface area contributed by atoms with Crippen molar-refractivity contribution in [1.82, 2.24) is 20.3 Å². The Balaban J connectivity index is 1.34. The third-order valence-electron chi connectivity index (χ3n) is 5.42. The lowest BCUT2D eigenvalue weighted by Gasteiger charge is -2.19. The van der Waals surface area contributed by atoms with Crippen LogP contribution in [0.2, 0.25) is 0 Å². The number of rotatable bonds is 10. The number of nitrogens with zero attached hydrogens (tertiary/aromatic N) is 4. The number of hydrogen-bond acceptors (Lipinski definition) is 6. The molecule has 4 aromatic rings. The SMILES string of the molecule is Cc1cc(N(C)Cc2ccccc2)nc(SCc2cccc(C(=O)NCCc3ccccn3)c2)n1. The lowest BCUT2D eigenvalue weighted by Crippen LogP contribution is -2.25. The van der Waals surface area contributed by atoms with Gasteiger partial charge in [0.15, 0.2) is 5.16 Å². The van der Waals surface area contributed by atoms with Gasteiger partial charge in [0, 0.05) is 61.5 Å². The molecule has 0 fully saturated rings. The maximum Gasteiger partial charge on any atom is 0.251 e. The first-order chi connectivity index (χ1) is 17.1. The second-order valence-corrected chi connectivity index (χ2v) is 9.25. The van der Waals surface area contributed by atoms with Crippen molar-refractivity contribution in [2.24, 2.45) is 0 Å². The van der Waals surface area contributed by atoms with Crippen LogP contribution in [0, 0.1) is 6.92 Å². The van der Waals surface area contributed by atoms with E-state index >= 15 is 0 Å². The fourth-order valence-electron chi connectivity index (χ4n) is 3.63. The number of benzene rings is 2. The van der Waals surface area contributed by atoms with Gasteiger partial charge in [0.1, 0.15) is 5.82 Å². The summed E-state index contributed by atoms with van der Waals surface area (Å²) in [6.07, 6.45) is 2.47. The third kappa shape index (κ3) is 7.39. The van der Waals surface area contributed by atoms with Crippen LogP contribution in [0.1, 0.15) is 32.9 Å². The van der Waals surface area contributed by atoms with Crippen molar-refractivity contribution in [3.8, 4) is 0 Å². The number of pyridine rings is 1. The monoisotopic (exact) mass is 483 g/mol. The molecule has 0 aliphatic carbocycles. The average Bonchev–Trinajstić information content (AvgIpc) is 2.88. The summed E-state index contributed by atoms with van der Waals surface area (Å²) in [7, 11) is 2.04. The maximum absolute atomic E-state index is 12.6. The van der Waals surface area contributed by atoms with Gasteiger partial charge in [-0.25, -0.2) is 9.97 Å². The molecular formula is C28H29N5OS. The summed E-state index contributed by atoms with van der Waals surface area (Å²) in [5.74, 6) is 1.50. The highest BCUT2D eigenvalue weighted by atomic mass is 32.2. The van der Waals surface area contributed by atoms with Crippen LogP contribution in [0.15, 0.2) is 90.2 Å². The van der Waals surface area contributed by atoms with Crippen molar-refractivity contribution in [2.45, 2.75) is 30.8 Å². The molecule has 0 bridgehead atoms. The van der Waals surface area contributed by atoms with Gasteiger partial charge in [-0.1, -0.05) is 60.3 Å².